The molecule has 2 amide bonds. The lowest BCUT2D eigenvalue weighted by molar-refractivity contribution is -0.140. The van der Waals surface area contributed by atoms with E-state index in [1.807, 2.05) is 52.0 Å². The van der Waals surface area contributed by atoms with Crippen molar-refractivity contribution in [3.05, 3.63) is 53.6 Å². The standard InChI is InChI=1S/C26H35N3O6S/c1-6-19(4)27-26(31)22(7-2)28(15-20-10-8-9-18(3)13-20)25(30)16-29(36(5,32)33)21-11-12-23-24(14-21)35-17-34-23/h8-14,19,22H,6-7,15-17H2,1-5H3,(H,27,31)/t19-,22+/m0/s1. The molecule has 2 aromatic carbocycles. The third kappa shape index (κ3) is 6.69. The van der Waals surface area contributed by atoms with Gasteiger partial charge in [0.25, 0.3) is 0 Å². The van der Waals surface area contributed by atoms with E-state index < -0.39 is 28.5 Å². The van der Waals surface area contributed by atoms with Crippen molar-refractivity contribution in [2.75, 3.05) is 23.9 Å². The molecule has 10 heteroatoms. The number of hydrogen-bond acceptors (Lipinski definition) is 6. The average Bonchev–Trinajstić information content (AvgIpc) is 3.29. The fourth-order valence-electron chi connectivity index (χ4n) is 4.02. The smallest absolute Gasteiger partial charge is 0.244 e. The Bertz CT molecular complexity index is 1200. The Hall–Kier alpha value is -3.27. The Morgan fingerprint density at radius 1 is 1.06 bits per heavy atom. The van der Waals surface area contributed by atoms with Gasteiger partial charge in [-0.3, -0.25) is 13.9 Å². The monoisotopic (exact) mass is 517 g/mol. The summed E-state index contributed by atoms with van der Waals surface area (Å²) in [7, 11) is -3.83. The van der Waals surface area contributed by atoms with Crippen LogP contribution < -0.4 is 19.1 Å². The van der Waals surface area contributed by atoms with Crippen LogP contribution in [0.5, 0.6) is 11.5 Å². The number of ether oxygens (including phenoxy) is 2. The van der Waals surface area contributed by atoms with E-state index in [-0.39, 0.29) is 31.0 Å². The van der Waals surface area contributed by atoms with Gasteiger partial charge in [0.05, 0.1) is 11.9 Å². The van der Waals surface area contributed by atoms with Crippen molar-refractivity contribution in [3.63, 3.8) is 0 Å². The average molecular weight is 518 g/mol. The zero-order chi connectivity index (χ0) is 26.5. The number of nitrogens with one attached hydrogen (secondary N) is 1. The van der Waals surface area contributed by atoms with Gasteiger partial charge in [0, 0.05) is 18.7 Å². The number of fused-ring (bicyclic) bond motifs is 1. The number of rotatable bonds is 11. The van der Waals surface area contributed by atoms with E-state index in [1.54, 1.807) is 12.1 Å². The van der Waals surface area contributed by atoms with Crippen LogP contribution in [0.4, 0.5) is 5.69 Å². The number of anilines is 1. The fraction of sp³-hybridized carbons (Fsp3) is 0.462. The topological polar surface area (TPSA) is 105 Å². The summed E-state index contributed by atoms with van der Waals surface area (Å²) >= 11 is 0. The molecule has 0 saturated heterocycles. The fourth-order valence-corrected chi connectivity index (χ4v) is 4.86. The van der Waals surface area contributed by atoms with Crippen LogP contribution in [0, 0.1) is 6.92 Å². The van der Waals surface area contributed by atoms with Crippen LogP contribution in [0.2, 0.25) is 0 Å². The minimum absolute atomic E-state index is 0.0460. The van der Waals surface area contributed by atoms with Crippen LogP contribution in [0.1, 0.15) is 44.7 Å². The minimum atomic E-state index is -3.83. The zero-order valence-electron chi connectivity index (χ0n) is 21.5. The number of nitrogens with zero attached hydrogens (tertiary/aromatic N) is 2. The second kappa shape index (κ2) is 11.6. The summed E-state index contributed by atoms with van der Waals surface area (Å²) in [5.74, 6) is 0.171. The molecule has 1 aliphatic heterocycles. The molecular weight excluding hydrogens is 482 g/mol. The third-order valence-corrected chi connectivity index (χ3v) is 7.29. The van der Waals surface area contributed by atoms with Gasteiger partial charge in [-0.25, -0.2) is 8.42 Å². The molecule has 0 fully saturated rings. The molecule has 0 aromatic heterocycles. The van der Waals surface area contributed by atoms with E-state index in [2.05, 4.69) is 5.32 Å². The first kappa shape index (κ1) is 27.3. The normalized spacial score (nSPS) is 14.1. The highest BCUT2D eigenvalue weighted by Gasteiger charge is 2.32. The number of carbonyl (C=O) groups excluding carboxylic acids is 2. The van der Waals surface area contributed by atoms with Gasteiger partial charge < -0.3 is 19.7 Å². The van der Waals surface area contributed by atoms with E-state index in [0.717, 1.165) is 28.1 Å². The first-order valence-corrected chi connectivity index (χ1v) is 13.9. The van der Waals surface area contributed by atoms with Crippen molar-refractivity contribution in [3.8, 4) is 11.5 Å². The minimum Gasteiger partial charge on any atom is -0.454 e. The third-order valence-electron chi connectivity index (χ3n) is 6.15. The van der Waals surface area contributed by atoms with Gasteiger partial charge in [-0.05, 0) is 44.4 Å². The van der Waals surface area contributed by atoms with E-state index >= 15 is 0 Å². The molecule has 0 aliphatic carbocycles. The Morgan fingerprint density at radius 2 is 1.78 bits per heavy atom. The first-order valence-electron chi connectivity index (χ1n) is 12.1. The number of benzene rings is 2. The highest BCUT2D eigenvalue weighted by molar-refractivity contribution is 7.92. The lowest BCUT2D eigenvalue weighted by Gasteiger charge is -2.33. The molecule has 0 saturated carbocycles. The van der Waals surface area contributed by atoms with Gasteiger partial charge in [0.2, 0.25) is 28.6 Å². The Balaban J connectivity index is 1.95. The van der Waals surface area contributed by atoms with Crippen molar-refractivity contribution in [1.82, 2.24) is 10.2 Å². The van der Waals surface area contributed by atoms with Crippen LogP contribution in [-0.4, -0.2) is 56.8 Å². The molecule has 1 aliphatic rings. The lowest BCUT2D eigenvalue weighted by atomic mass is 10.1. The molecule has 1 heterocycles. The number of amides is 2. The summed E-state index contributed by atoms with van der Waals surface area (Å²) in [4.78, 5) is 28.4. The van der Waals surface area contributed by atoms with E-state index in [1.165, 1.54) is 11.0 Å². The van der Waals surface area contributed by atoms with Gasteiger partial charge in [0.1, 0.15) is 12.6 Å². The highest BCUT2D eigenvalue weighted by Crippen LogP contribution is 2.36. The summed E-state index contributed by atoms with van der Waals surface area (Å²) in [6, 6.07) is 11.6. The molecule has 1 N–H and O–H groups in total. The van der Waals surface area contributed by atoms with Crippen molar-refractivity contribution < 1.29 is 27.5 Å². The summed E-state index contributed by atoms with van der Waals surface area (Å²) in [6.45, 7) is 7.42. The maximum atomic E-state index is 13.7. The summed E-state index contributed by atoms with van der Waals surface area (Å²) in [5.41, 5.74) is 2.16. The maximum Gasteiger partial charge on any atom is 0.244 e. The quantitative estimate of drug-likeness (QED) is 0.491. The van der Waals surface area contributed by atoms with Gasteiger partial charge >= 0.3 is 0 Å². The molecular formula is C26H35N3O6S. The van der Waals surface area contributed by atoms with Gasteiger partial charge in [-0.15, -0.1) is 0 Å². The Labute approximate surface area is 213 Å². The Morgan fingerprint density at radius 3 is 2.42 bits per heavy atom. The van der Waals surface area contributed by atoms with Crippen molar-refractivity contribution >= 4 is 27.5 Å². The molecule has 0 unspecified atom stereocenters. The van der Waals surface area contributed by atoms with Crippen LogP contribution >= 0.6 is 0 Å². The predicted octanol–water partition coefficient (Wildman–Crippen LogP) is 3.21. The van der Waals surface area contributed by atoms with Crippen LogP contribution in [0.15, 0.2) is 42.5 Å². The molecule has 2 aromatic rings. The molecule has 0 bridgehead atoms. The second-order valence-corrected chi connectivity index (χ2v) is 11.0. The van der Waals surface area contributed by atoms with E-state index in [9.17, 15) is 18.0 Å². The lowest BCUT2D eigenvalue weighted by Crippen LogP contribution is -2.53. The number of aryl methyl sites for hydroxylation is 1. The van der Waals surface area contributed by atoms with E-state index in [0.29, 0.717) is 17.9 Å². The van der Waals surface area contributed by atoms with Gasteiger partial charge in [0.15, 0.2) is 11.5 Å². The van der Waals surface area contributed by atoms with Gasteiger partial charge in [-0.2, -0.15) is 0 Å². The molecule has 36 heavy (non-hydrogen) atoms. The second-order valence-electron chi connectivity index (χ2n) is 9.06. The first-order chi connectivity index (χ1) is 17.0. The molecule has 0 radical (unpaired) electrons. The van der Waals surface area contributed by atoms with Gasteiger partial charge in [-0.1, -0.05) is 43.7 Å². The van der Waals surface area contributed by atoms with Crippen LogP contribution in [-0.2, 0) is 26.2 Å². The predicted molar refractivity (Wildman–Crippen MR) is 138 cm³/mol. The molecule has 3 rings (SSSR count). The molecule has 0 spiro atoms. The van der Waals surface area contributed by atoms with Crippen LogP contribution in [0.3, 0.4) is 0 Å². The van der Waals surface area contributed by atoms with Crippen molar-refractivity contribution in [2.45, 2.75) is 59.2 Å². The maximum absolute atomic E-state index is 13.7. The number of carbonyl (C=O) groups is 2. The van der Waals surface area contributed by atoms with E-state index in [4.69, 9.17) is 9.47 Å². The number of hydrogen-bond donors (Lipinski definition) is 1. The zero-order valence-corrected chi connectivity index (χ0v) is 22.3. The summed E-state index contributed by atoms with van der Waals surface area (Å²) < 4.78 is 37.2. The Kier molecular flexibility index (Phi) is 8.84. The highest BCUT2D eigenvalue weighted by atomic mass is 32.2. The largest absolute Gasteiger partial charge is 0.454 e. The molecule has 196 valence electrons. The van der Waals surface area contributed by atoms with Crippen molar-refractivity contribution in [2.24, 2.45) is 0 Å². The summed E-state index contributed by atoms with van der Waals surface area (Å²) in [5, 5.41) is 2.96. The van der Waals surface area contributed by atoms with Crippen molar-refractivity contribution in [1.29, 1.82) is 0 Å². The molecule has 9 nitrogen and oxygen atoms in total. The van der Waals surface area contributed by atoms with Crippen LogP contribution in [0.25, 0.3) is 0 Å². The summed E-state index contributed by atoms with van der Waals surface area (Å²) in [6.07, 6.45) is 2.17. The number of sulfonamides is 1. The molecule has 2 atom stereocenters. The SMILES string of the molecule is CC[C@H](C(=O)N[C@@H](C)CC)N(Cc1cccc(C)c1)C(=O)CN(c1ccc2c(c1)OCO2)S(C)(=O)=O.